The Morgan fingerprint density at radius 1 is 0.444 bits per heavy atom. The zero-order valence-corrected chi connectivity index (χ0v) is 14.2. The van der Waals surface area contributed by atoms with E-state index < -0.39 is 0 Å². The van der Waals surface area contributed by atoms with Crippen LogP contribution in [0.1, 0.15) is 0 Å². The van der Waals surface area contributed by atoms with Crippen molar-refractivity contribution < 1.29 is 13.2 Å². The Morgan fingerprint density at radius 2 is 0.852 bits per heavy atom. The van der Waals surface area contributed by atoms with Gasteiger partial charge in [0.15, 0.2) is 0 Å². The van der Waals surface area contributed by atoms with E-state index in [2.05, 4.69) is 4.98 Å². The Morgan fingerprint density at radius 3 is 1.30 bits per heavy atom. The molecule has 0 aliphatic rings. The SMILES string of the molecule is Fc1cccc(-c2cc(-c3cccc(F)c3)nc(-c3cccc(F)c3)c2)c1. The van der Waals surface area contributed by atoms with Crippen molar-refractivity contribution in [2.75, 3.05) is 0 Å². The summed E-state index contributed by atoms with van der Waals surface area (Å²) < 4.78 is 41.0. The predicted octanol–water partition coefficient (Wildman–Crippen LogP) is 6.50. The predicted molar refractivity (Wildman–Crippen MR) is 100 cm³/mol. The van der Waals surface area contributed by atoms with Crippen LogP contribution in [0.25, 0.3) is 33.6 Å². The fourth-order valence-electron chi connectivity index (χ4n) is 2.96. The molecule has 0 aliphatic heterocycles. The first kappa shape index (κ1) is 17.0. The van der Waals surface area contributed by atoms with Gasteiger partial charge in [-0.15, -0.1) is 0 Å². The quantitative estimate of drug-likeness (QED) is 0.406. The second-order valence-electron chi connectivity index (χ2n) is 6.16. The van der Waals surface area contributed by atoms with Crippen molar-refractivity contribution in [3.05, 3.63) is 102 Å². The Bertz CT molecular complexity index is 968. The summed E-state index contributed by atoms with van der Waals surface area (Å²) in [5.41, 5.74) is 3.60. The standard InChI is InChI=1S/C23H14F3N/c24-19-7-1-4-15(10-19)18-13-22(16-5-2-8-20(25)11-16)27-23(14-18)17-6-3-9-21(26)12-17/h1-14H. The molecule has 0 spiro atoms. The van der Waals surface area contributed by atoms with Crippen LogP contribution in [-0.2, 0) is 0 Å². The van der Waals surface area contributed by atoms with Crippen molar-refractivity contribution in [3.63, 3.8) is 0 Å². The summed E-state index contributed by atoms with van der Waals surface area (Å²) in [7, 11) is 0. The molecule has 0 unspecified atom stereocenters. The molecule has 1 aromatic heterocycles. The highest BCUT2D eigenvalue weighted by atomic mass is 19.1. The van der Waals surface area contributed by atoms with Crippen LogP contribution < -0.4 is 0 Å². The third-order valence-corrected chi connectivity index (χ3v) is 4.22. The molecule has 4 heteroatoms. The van der Waals surface area contributed by atoms with E-state index in [-0.39, 0.29) is 17.5 Å². The minimum Gasteiger partial charge on any atom is -0.248 e. The zero-order chi connectivity index (χ0) is 18.8. The van der Waals surface area contributed by atoms with Gasteiger partial charge in [0.2, 0.25) is 0 Å². The third kappa shape index (κ3) is 3.75. The van der Waals surface area contributed by atoms with E-state index in [1.165, 1.54) is 36.4 Å². The van der Waals surface area contributed by atoms with Gasteiger partial charge in [0.1, 0.15) is 17.5 Å². The highest BCUT2D eigenvalue weighted by Crippen LogP contribution is 2.31. The highest BCUT2D eigenvalue weighted by molar-refractivity contribution is 5.76. The van der Waals surface area contributed by atoms with Crippen molar-refractivity contribution in [3.8, 4) is 33.6 Å². The molecular weight excluding hydrogens is 347 g/mol. The number of hydrogen-bond donors (Lipinski definition) is 0. The molecule has 0 fully saturated rings. The number of hydrogen-bond acceptors (Lipinski definition) is 1. The molecule has 0 saturated carbocycles. The summed E-state index contributed by atoms with van der Waals surface area (Å²) >= 11 is 0. The number of rotatable bonds is 3. The van der Waals surface area contributed by atoms with E-state index in [9.17, 15) is 13.2 Å². The summed E-state index contributed by atoms with van der Waals surface area (Å²) in [4.78, 5) is 4.58. The van der Waals surface area contributed by atoms with Crippen LogP contribution in [0.2, 0.25) is 0 Å². The van der Waals surface area contributed by atoms with Crippen molar-refractivity contribution in [1.29, 1.82) is 0 Å². The molecule has 0 atom stereocenters. The van der Waals surface area contributed by atoms with E-state index in [4.69, 9.17) is 0 Å². The Balaban J connectivity index is 1.94. The van der Waals surface area contributed by atoms with Gasteiger partial charge in [0.25, 0.3) is 0 Å². The molecule has 1 nitrogen and oxygen atoms in total. The van der Waals surface area contributed by atoms with E-state index in [0.717, 1.165) is 0 Å². The lowest BCUT2D eigenvalue weighted by atomic mass is 10.00. The number of pyridine rings is 1. The first-order chi connectivity index (χ1) is 13.1. The lowest BCUT2D eigenvalue weighted by Crippen LogP contribution is -1.92. The maximum absolute atomic E-state index is 13.7. The smallest absolute Gasteiger partial charge is 0.123 e. The van der Waals surface area contributed by atoms with E-state index in [1.807, 2.05) is 0 Å². The maximum Gasteiger partial charge on any atom is 0.123 e. The van der Waals surface area contributed by atoms with Gasteiger partial charge in [-0.1, -0.05) is 36.4 Å². The largest absolute Gasteiger partial charge is 0.248 e. The van der Waals surface area contributed by atoms with Crippen LogP contribution in [0.3, 0.4) is 0 Å². The van der Waals surface area contributed by atoms with E-state index >= 15 is 0 Å². The minimum atomic E-state index is -0.377. The maximum atomic E-state index is 13.7. The molecule has 132 valence electrons. The monoisotopic (exact) mass is 361 g/mol. The molecule has 4 aromatic rings. The average Bonchev–Trinajstić information content (AvgIpc) is 2.68. The number of halogens is 3. The molecule has 0 bridgehead atoms. The molecule has 4 rings (SSSR count). The second-order valence-corrected chi connectivity index (χ2v) is 6.16. The van der Waals surface area contributed by atoms with Gasteiger partial charge in [-0.3, -0.25) is 0 Å². The van der Waals surface area contributed by atoms with Crippen LogP contribution in [0, 0.1) is 17.5 Å². The van der Waals surface area contributed by atoms with Gasteiger partial charge in [0.05, 0.1) is 11.4 Å². The fraction of sp³-hybridized carbons (Fsp3) is 0. The van der Waals surface area contributed by atoms with Crippen molar-refractivity contribution in [1.82, 2.24) is 4.98 Å². The van der Waals surface area contributed by atoms with Gasteiger partial charge in [-0.25, -0.2) is 18.2 Å². The highest BCUT2D eigenvalue weighted by Gasteiger charge is 2.10. The topological polar surface area (TPSA) is 12.9 Å². The number of nitrogens with zero attached hydrogens (tertiary/aromatic N) is 1. The molecule has 0 amide bonds. The lowest BCUT2D eigenvalue weighted by molar-refractivity contribution is 0.628. The summed E-state index contributed by atoms with van der Waals surface area (Å²) in [5, 5.41) is 0. The molecule has 0 radical (unpaired) electrons. The molecule has 0 saturated heterocycles. The first-order valence-corrected chi connectivity index (χ1v) is 8.38. The summed E-state index contributed by atoms with van der Waals surface area (Å²) in [6.45, 7) is 0. The summed E-state index contributed by atoms with van der Waals surface area (Å²) in [6.07, 6.45) is 0. The van der Waals surface area contributed by atoms with Gasteiger partial charge in [-0.2, -0.15) is 0 Å². The van der Waals surface area contributed by atoms with Gasteiger partial charge in [-0.05, 0) is 59.7 Å². The molecule has 0 N–H and O–H groups in total. The lowest BCUT2D eigenvalue weighted by Gasteiger charge is -2.10. The third-order valence-electron chi connectivity index (χ3n) is 4.22. The fourth-order valence-corrected chi connectivity index (χ4v) is 2.96. The molecular formula is C23H14F3N. The average molecular weight is 361 g/mol. The number of aromatic nitrogens is 1. The van der Waals surface area contributed by atoms with Gasteiger partial charge in [0, 0.05) is 11.1 Å². The zero-order valence-electron chi connectivity index (χ0n) is 14.2. The first-order valence-electron chi connectivity index (χ1n) is 8.38. The summed E-state index contributed by atoms with van der Waals surface area (Å²) in [6, 6.07) is 21.9. The van der Waals surface area contributed by atoms with Crippen LogP contribution in [0.4, 0.5) is 13.2 Å². The Labute approximate surface area is 154 Å². The van der Waals surface area contributed by atoms with Crippen molar-refractivity contribution in [2.24, 2.45) is 0 Å². The van der Waals surface area contributed by atoms with Crippen molar-refractivity contribution >= 4 is 0 Å². The normalized spacial score (nSPS) is 10.8. The molecule has 3 aromatic carbocycles. The van der Waals surface area contributed by atoms with Crippen LogP contribution in [-0.4, -0.2) is 4.98 Å². The second kappa shape index (κ2) is 7.08. The Kier molecular flexibility index (Phi) is 4.47. The van der Waals surface area contributed by atoms with Crippen molar-refractivity contribution in [2.45, 2.75) is 0 Å². The number of benzene rings is 3. The molecule has 1 heterocycles. The summed E-state index contributed by atoms with van der Waals surface area (Å²) in [5.74, 6) is -1.11. The van der Waals surface area contributed by atoms with Crippen LogP contribution in [0.5, 0.6) is 0 Å². The van der Waals surface area contributed by atoms with E-state index in [1.54, 1.807) is 48.5 Å². The molecule has 27 heavy (non-hydrogen) atoms. The van der Waals surface area contributed by atoms with Crippen LogP contribution >= 0.6 is 0 Å². The Hall–Kier alpha value is -3.40. The van der Waals surface area contributed by atoms with E-state index in [0.29, 0.717) is 33.6 Å². The van der Waals surface area contributed by atoms with Gasteiger partial charge >= 0.3 is 0 Å². The minimum absolute atomic E-state index is 0.357. The van der Waals surface area contributed by atoms with Gasteiger partial charge < -0.3 is 0 Å². The molecule has 0 aliphatic carbocycles. The van der Waals surface area contributed by atoms with Crippen LogP contribution in [0.15, 0.2) is 84.9 Å².